The van der Waals surface area contributed by atoms with Crippen molar-refractivity contribution in [3.05, 3.63) is 18.2 Å². The van der Waals surface area contributed by atoms with Crippen molar-refractivity contribution in [2.75, 3.05) is 19.6 Å². The van der Waals surface area contributed by atoms with Gasteiger partial charge in [-0.1, -0.05) is 19.3 Å². The molecule has 19 heavy (non-hydrogen) atoms. The summed E-state index contributed by atoms with van der Waals surface area (Å²) in [6, 6.07) is 0.768. The second-order valence-electron chi connectivity index (χ2n) is 5.87. The van der Waals surface area contributed by atoms with Gasteiger partial charge in [0, 0.05) is 18.8 Å². The van der Waals surface area contributed by atoms with Gasteiger partial charge in [0.15, 0.2) is 0 Å². The molecule has 2 N–H and O–H groups in total. The van der Waals surface area contributed by atoms with Crippen molar-refractivity contribution in [3.8, 4) is 0 Å². The average molecular weight is 264 g/mol. The Hall–Kier alpha value is -0.870. The van der Waals surface area contributed by atoms with Crippen LogP contribution in [0.5, 0.6) is 0 Å². The molecule has 1 aromatic heterocycles. The molecule has 4 nitrogen and oxygen atoms in total. The van der Waals surface area contributed by atoms with Crippen molar-refractivity contribution in [3.63, 3.8) is 0 Å². The van der Waals surface area contributed by atoms with E-state index in [1.807, 2.05) is 12.5 Å². The third kappa shape index (κ3) is 3.57. The molecule has 0 amide bonds. The van der Waals surface area contributed by atoms with E-state index in [1.165, 1.54) is 50.9 Å². The second-order valence-corrected chi connectivity index (χ2v) is 5.87. The van der Waals surface area contributed by atoms with E-state index in [2.05, 4.69) is 28.3 Å². The van der Waals surface area contributed by atoms with Gasteiger partial charge < -0.3 is 10.3 Å². The molecule has 1 fully saturated rings. The SMILES string of the molecule is CC(C)n1cncc1C(CN)N1CCCCCCC1. The molecule has 1 aromatic rings. The van der Waals surface area contributed by atoms with E-state index in [1.54, 1.807) is 0 Å². The molecule has 1 saturated heterocycles. The minimum atomic E-state index is 0.322. The molecule has 1 unspecified atom stereocenters. The number of nitrogens with zero attached hydrogens (tertiary/aromatic N) is 3. The predicted octanol–water partition coefficient (Wildman–Crippen LogP) is 2.73. The van der Waals surface area contributed by atoms with Crippen molar-refractivity contribution >= 4 is 0 Å². The van der Waals surface area contributed by atoms with Crippen LogP contribution in [-0.4, -0.2) is 34.1 Å². The maximum Gasteiger partial charge on any atom is 0.0951 e. The van der Waals surface area contributed by atoms with Crippen LogP contribution in [0.4, 0.5) is 0 Å². The number of likely N-dealkylation sites (tertiary alicyclic amines) is 1. The summed E-state index contributed by atoms with van der Waals surface area (Å²) in [6.45, 7) is 7.42. The summed E-state index contributed by atoms with van der Waals surface area (Å²) in [5.41, 5.74) is 7.35. The Kier molecular flexibility index (Phi) is 5.40. The lowest BCUT2D eigenvalue weighted by molar-refractivity contribution is 0.176. The molecule has 0 saturated carbocycles. The molecule has 1 atom stereocenters. The fourth-order valence-corrected chi connectivity index (χ4v) is 3.04. The van der Waals surface area contributed by atoms with E-state index in [0.717, 1.165) is 0 Å². The van der Waals surface area contributed by atoms with Gasteiger partial charge in [-0.25, -0.2) is 4.98 Å². The van der Waals surface area contributed by atoms with Crippen LogP contribution in [0.3, 0.4) is 0 Å². The highest BCUT2D eigenvalue weighted by molar-refractivity contribution is 5.08. The first-order valence-corrected chi connectivity index (χ1v) is 7.70. The van der Waals surface area contributed by atoms with E-state index in [4.69, 9.17) is 5.73 Å². The zero-order valence-corrected chi connectivity index (χ0v) is 12.4. The topological polar surface area (TPSA) is 47.1 Å². The van der Waals surface area contributed by atoms with E-state index >= 15 is 0 Å². The molecular formula is C15H28N4. The minimum Gasteiger partial charge on any atom is -0.331 e. The molecule has 1 aliphatic rings. The standard InChI is InChI=1S/C15H28N4/c1-13(2)19-12-17-11-15(19)14(10-16)18-8-6-4-3-5-7-9-18/h11-14H,3-10,16H2,1-2H3. The molecule has 108 valence electrons. The highest BCUT2D eigenvalue weighted by atomic mass is 15.2. The highest BCUT2D eigenvalue weighted by Gasteiger charge is 2.23. The van der Waals surface area contributed by atoms with Gasteiger partial charge in [-0.15, -0.1) is 0 Å². The van der Waals surface area contributed by atoms with Crippen LogP contribution in [0.15, 0.2) is 12.5 Å². The van der Waals surface area contributed by atoms with Gasteiger partial charge >= 0.3 is 0 Å². The number of hydrogen-bond acceptors (Lipinski definition) is 3. The quantitative estimate of drug-likeness (QED) is 0.909. The number of nitrogens with two attached hydrogens (primary N) is 1. The molecule has 2 heterocycles. The van der Waals surface area contributed by atoms with Crippen molar-refractivity contribution in [2.24, 2.45) is 5.73 Å². The largest absolute Gasteiger partial charge is 0.331 e. The van der Waals surface area contributed by atoms with Gasteiger partial charge in [-0.3, -0.25) is 4.90 Å². The lowest BCUT2D eigenvalue weighted by Crippen LogP contribution is -2.37. The Balaban J connectivity index is 2.15. The van der Waals surface area contributed by atoms with E-state index < -0.39 is 0 Å². The van der Waals surface area contributed by atoms with Crippen LogP contribution in [0, 0.1) is 0 Å². The minimum absolute atomic E-state index is 0.322. The number of hydrogen-bond donors (Lipinski definition) is 1. The van der Waals surface area contributed by atoms with Crippen LogP contribution in [0.1, 0.15) is 63.7 Å². The Morgan fingerprint density at radius 1 is 1.16 bits per heavy atom. The van der Waals surface area contributed by atoms with E-state index in [9.17, 15) is 0 Å². The Morgan fingerprint density at radius 2 is 1.79 bits per heavy atom. The smallest absolute Gasteiger partial charge is 0.0951 e. The summed E-state index contributed by atoms with van der Waals surface area (Å²) < 4.78 is 2.26. The molecule has 0 spiro atoms. The second kappa shape index (κ2) is 7.06. The van der Waals surface area contributed by atoms with Gasteiger partial charge in [0.1, 0.15) is 0 Å². The van der Waals surface area contributed by atoms with Crippen molar-refractivity contribution < 1.29 is 0 Å². The molecule has 2 rings (SSSR count). The van der Waals surface area contributed by atoms with Crippen LogP contribution >= 0.6 is 0 Å². The lowest BCUT2D eigenvalue weighted by Gasteiger charge is -2.33. The van der Waals surface area contributed by atoms with Crippen LogP contribution in [0.25, 0.3) is 0 Å². The zero-order chi connectivity index (χ0) is 13.7. The maximum atomic E-state index is 6.07. The molecule has 0 aromatic carbocycles. The molecule has 0 radical (unpaired) electrons. The predicted molar refractivity (Wildman–Crippen MR) is 79.1 cm³/mol. The summed E-state index contributed by atoms with van der Waals surface area (Å²) in [6.07, 6.45) is 10.6. The Morgan fingerprint density at radius 3 is 2.37 bits per heavy atom. The van der Waals surface area contributed by atoms with E-state index in [0.29, 0.717) is 18.6 Å². The van der Waals surface area contributed by atoms with Gasteiger partial charge in [-0.05, 0) is 39.8 Å². The van der Waals surface area contributed by atoms with Crippen LogP contribution in [-0.2, 0) is 0 Å². The van der Waals surface area contributed by atoms with Gasteiger partial charge in [0.2, 0.25) is 0 Å². The Labute approximate surface area is 117 Å². The summed E-state index contributed by atoms with van der Waals surface area (Å²) in [4.78, 5) is 6.89. The molecule has 0 bridgehead atoms. The van der Waals surface area contributed by atoms with Crippen LogP contribution in [0.2, 0.25) is 0 Å². The fourth-order valence-electron chi connectivity index (χ4n) is 3.04. The summed E-state index contributed by atoms with van der Waals surface area (Å²) >= 11 is 0. The highest BCUT2D eigenvalue weighted by Crippen LogP contribution is 2.24. The summed E-state index contributed by atoms with van der Waals surface area (Å²) in [5.74, 6) is 0. The van der Waals surface area contributed by atoms with Crippen molar-refractivity contribution in [1.29, 1.82) is 0 Å². The van der Waals surface area contributed by atoms with Gasteiger partial charge in [0.05, 0.1) is 18.1 Å². The molecular weight excluding hydrogens is 236 g/mol. The first-order chi connectivity index (χ1) is 9.24. The average Bonchev–Trinajstić information content (AvgIpc) is 2.81. The third-order valence-electron chi connectivity index (χ3n) is 4.15. The number of imidazole rings is 1. The third-order valence-corrected chi connectivity index (χ3v) is 4.15. The van der Waals surface area contributed by atoms with Crippen molar-refractivity contribution in [1.82, 2.24) is 14.5 Å². The van der Waals surface area contributed by atoms with Crippen molar-refractivity contribution in [2.45, 2.75) is 58.0 Å². The summed E-state index contributed by atoms with van der Waals surface area (Å²) in [7, 11) is 0. The molecule has 4 heteroatoms. The number of aromatic nitrogens is 2. The van der Waals surface area contributed by atoms with Gasteiger partial charge in [-0.2, -0.15) is 0 Å². The maximum absolute atomic E-state index is 6.07. The van der Waals surface area contributed by atoms with Gasteiger partial charge in [0.25, 0.3) is 0 Å². The molecule has 0 aliphatic carbocycles. The Bertz CT molecular complexity index is 364. The van der Waals surface area contributed by atoms with E-state index in [-0.39, 0.29) is 0 Å². The lowest BCUT2D eigenvalue weighted by atomic mass is 10.1. The summed E-state index contributed by atoms with van der Waals surface area (Å²) in [5, 5.41) is 0. The first-order valence-electron chi connectivity index (χ1n) is 7.70. The zero-order valence-electron chi connectivity index (χ0n) is 12.4. The first kappa shape index (κ1) is 14.5. The number of rotatable bonds is 4. The normalized spacial score (nSPS) is 20.2. The monoisotopic (exact) mass is 264 g/mol. The molecule has 1 aliphatic heterocycles. The fraction of sp³-hybridized carbons (Fsp3) is 0.800. The van der Waals surface area contributed by atoms with Crippen LogP contribution < -0.4 is 5.73 Å².